The number of methoxy groups -OCH3 is 2. The summed E-state index contributed by atoms with van der Waals surface area (Å²) in [5, 5.41) is 6.40. The van der Waals surface area contributed by atoms with Crippen molar-refractivity contribution in [1.82, 2.24) is 15.5 Å². The molecule has 0 bridgehead atoms. The number of ether oxygens (including phenoxy) is 2. The van der Waals surface area contributed by atoms with Crippen LogP contribution in [0.4, 0.5) is 0 Å². The zero-order valence-electron chi connectivity index (χ0n) is 17.6. The van der Waals surface area contributed by atoms with E-state index in [4.69, 9.17) is 9.47 Å². The molecule has 0 saturated carbocycles. The van der Waals surface area contributed by atoms with E-state index in [-0.39, 0.29) is 12.5 Å². The average molecular weight is 399 g/mol. The van der Waals surface area contributed by atoms with E-state index in [0.717, 1.165) is 17.7 Å². The molecule has 0 aliphatic rings. The molecule has 29 heavy (non-hydrogen) atoms. The molecule has 2 rings (SSSR count). The first kappa shape index (κ1) is 22.1. The molecule has 0 spiro atoms. The van der Waals surface area contributed by atoms with E-state index < -0.39 is 0 Å². The average Bonchev–Trinajstić information content (AvgIpc) is 2.75. The van der Waals surface area contributed by atoms with Gasteiger partial charge in [-0.25, -0.2) is 4.99 Å². The first-order valence-electron chi connectivity index (χ1n) is 9.50. The highest BCUT2D eigenvalue weighted by Gasteiger charge is 2.08. The fraction of sp³-hybridized carbons (Fsp3) is 0.364. The maximum atomic E-state index is 11.9. The van der Waals surface area contributed by atoms with Crippen molar-refractivity contribution in [3.63, 3.8) is 0 Å². The van der Waals surface area contributed by atoms with Crippen molar-refractivity contribution >= 4 is 11.9 Å². The van der Waals surface area contributed by atoms with Gasteiger partial charge in [0, 0.05) is 32.3 Å². The Labute approximate surface area is 172 Å². The Morgan fingerprint density at radius 3 is 2.45 bits per heavy atom. The van der Waals surface area contributed by atoms with Gasteiger partial charge in [-0.2, -0.15) is 0 Å². The maximum Gasteiger partial charge on any atom is 0.241 e. The van der Waals surface area contributed by atoms with Gasteiger partial charge >= 0.3 is 0 Å². The summed E-state index contributed by atoms with van der Waals surface area (Å²) in [5.74, 6) is 1.99. The summed E-state index contributed by atoms with van der Waals surface area (Å²) < 4.78 is 10.7. The van der Waals surface area contributed by atoms with Crippen LogP contribution in [0, 0.1) is 0 Å². The van der Waals surface area contributed by atoms with Crippen LogP contribution in [0.25, 0.3) is 0 Å². The van der Waals surface area contributed by atoms with Crippen LogP contribution >= 0.6 is 0 Å². The summed E-state index contributed by atoms with van der Waals surface area (Å²) in [6.45, 7) is 1.28. The summed E-state index contributed by atoms with van der Waals surface area (Å²) in [4.78, 5) is 18.1. The molecule has 0 radical (unpaired) electrons. The lowest BCUT2D eigenvalue weighted by Gasteiger charge is -2.15. The summed E-state index contributed by atoms with van der Waals surface area (Å²) in [7, 11) is 6.69. The van der Waals surface area contributed by atoms with Gasteiger partial charge in [-0.3, -0.25) is 4.79 Å². The highest BCUT2D eigenvalue weighted by atomic mass is 16.5. The molecular weight excluding hydrogens is 368 g/mol. The second kappa shape index (κ2) is 11.6. The molecule has 0 fully saturated rings. The quantitative estimate of drug-likeness (QED) is 0.500. The summed E-state index contributed by atoms with van der Waals surface area (Å²) >= 11 is 0. The SMILES string of the molecule is COc1ccc(CN=C(NCCc2ccccc2)NCC(=O)N(C)C)c(OC)c1. The van der Waals surface area contributed by atoms with E-state index in [1.54, 1.807) is 33.2 Å². The van der Waals surface area contributed by atoms with E-state index in [1.807, 2.05) is 36.4 Å². The van der Waals surface area contributed by atoms with Gasteiger partial charge in [0.05, 0.1) is 27.3 Å². The molecule has 0 unspecified atom stereocenters. The number of carbonyl (C=O) groups is 1. The molecule has 0 saturated heterocycles. The van der Waals surface area contributed by atoms with Crippen LogP contribution in [0.15, 0.2) is 53.5 Å². The van der Waals surface area contributed by atoms with E-state index in [0.29, 0.717) is 24.8 Å². The van der Waals surface area contributed by atoms with Crippen molar-refractivity contribution in [2.75, 3.05) is 41.4 Å². The van der Waals surface area contributed by atoms with Crippen LogP contribution in [0.3, 0.4) is 0 Å². The monoisotopic (exact) mass is 398 g/mol. The number of nitrogens with one attached hydrogen (secondary N) is 2. The highest BCUT2D eigenvalue weighted by Crippen LogP contribution is 2.25. The van der Waals surface area contributed by atoms with Gasteiger partial charge in [0.1, 0.15) is 11.5 Å². The van der Waals surface area contributed by atoms with Gasteiger partial charge < -0.3 is 25.0 Å². The highest BCUT2D eigenvalue weighted by molar-refractivity contribution is 5.86. The number of carbonyl (C=O) groups excluding carboxylic acids is 1. The number of nitrogens with zero attached hydrogens (tertiary/aromatic N) is 2. The Balaban J connectivity index is 2.05. The molecule has 7 heteroatoms. The predicted octanol–water partition coefficient (Wildman–Crippen LogP) is 2.07. The van der Waals surface area contributed by atoms with Crippen LogP contribution in [-0.2, 0) is 17.8 Å². The van der Waals surface area contributed by atoms with E-state index in [2.05, 4.69) is 27.8 Å². The molecule has 0 aliphatic carbocycles. The number of rotatable bonds is 9. The molecule has 0 atom stereocenters. The van der Waals surface area contributed by atoms with Gasteiger partial charge in [-0.1, -0.05) is 30.3 Å². The van der Waals surface area contributed by atoms with E-state index in [1.165, 1.54) is 5.56 Å². The molecule has 7 nitrogen and oxygen atoms in total. The smallest absolute Gasteiger partial charge is 0.241 e. The van der Waals surface area contributed by atoms with Gasteiger partial charge in [0.25, 0.3) is 0 Å². The van der Waals surface area contributed by atoms with Crippen molar-refractivity contribution in [2.45, 2.75) is 13.0 Å². The van der Waals surface area contributed by atoms with Crippen LogP contribution < -0.4 is 20.1 Å². The normalized spacial score (nSPS) is 11.0. The third-order valence-corrected chi connectivity index (χ3v) is 4.36. The molecule has 2 N–H and O–H groups in total. The van der Waals surface area contributed by atoms with Crippen molar-refractivity contribution in [1.29, 1.82) is 0 Å². The lowest BCUT2D eigenvalue weighted by atomic mass is 10.1. The van der Waals surface area contributed by atoms with Gasteiger partial charge in [-0.05, 0) is 24.1 Å². The Bertz CT molecular complexity index is 807. The fourth-order valence-corrected chi connectivity index (χ4v) is 2.61. The fourth-order valence-electron chi connectivity index (χ4n) is 2.61. The van der Waals surface area contributed by atoms with Crippen molar-refractivity contribution in [3.05, 3.63) is 59.7 Å². The number of likely N-dealkylation sites (N-methyl/N-ethyl adjacent to an activating group) is 1. The van der Waals surface area contributed by atoms with Gasteiger partial charge in [0.15, 0.2) is 5.96 Å². The first-order valence-corrected chi connectivity index (χ1v) is 9.50. The van der Waals surface area contributed by atoms with Crippen LogP contribution in [0.2, 0.25) is 0 Å². The first-order chi connectivity index (χ1) is 14.0. The van der Waals surface area contributed by atoms with E-state index >= 15 is 0 Å². The van der Waals surface area contributed by atoms with E-state index in [9.17, 15) is 4.79 Å². The second-order valence-corrected chi connectivity index (χ2v) is 6.65. The molecule has 0 aromatic heterocycles. The third-order valence-electron chi connectivity index (χ3n) is 4.36. The van der Waals surface area contributed by atoms with Crippen molar-refractivity contribution < 1.29 is 14.3 Å². The number of amides is 1. The van der Waals surface area contributed by atoms with Crippen LogP contribution in [-0.4, -0.2) is 58.2 Å². The lowest BCUT2D eigenvalue weighted by Crippen LogP contribution is -2.43. The summed E-state index contributed by atoms with van der Waals surface area (Å²) in [6, 6.07) is 15.8. The third kappa shape index (κ3) is 7.37. The lowest BCUT2D eigenvalue weighted by molar-refractivity contribution is -0.127. The Morgan fingerprint density at radius 1 is 1.03 bits per heavy atom. The largest absolute Gasteiger partial charge is 0.497 e. The van der Waals surface area contributed by atoms with Gasteiger partial charge in [-0.15, -0.1) is 0 Å². The Morgan fingerprint density at radius 2 is 1.79 bits per heavy atom. The molecule has 2 aromatic carbocycles. The Hall–Kier alpha value is -3.22. The predicted molar refractivity (Wildman–Crippen MR) is 116 cm³/mol. The second-order valence-electron chi connectivity index (χ2n) is 6.65. The maximum absolute atomic E-state index is 11.9. The minimum atomic E-state index is -0.0235. The molecule has 1 amide bonds. The standard InChI is InChI=1S/C22H30N4O3/c1-26(2)21(27)16-25-22(23-13-12-17-8-6-5-7-9-17)24-15-18-10-11-19(28-3)14-20(18)29-4/h5-11,14H,12-13,15-16H2,1-4H3,(H2,23,24,25). The number of guanidine groups is 1. The van der Waals surface area contributed by atoms with Crippen molar-refractivity contribution in [3.8, 4) is 11.5 Å². The molecule has 2 aromatic rings. The van der Waals surface area contributed by atoms with Crippen molar-refractivity contribution in [2.24, 2.45) is 4.99 Å². The number of benzene rings is 2. The van der Waals surface area contributed by atoms with Crippen LogP contribution in [0.5, 0.6) is 11.5 Å². The summed E-state index contributed by atoms with van der Waals surface area (Å²) in [5.41, 5.74) is 2.16. The summed E-state index contributed by atoms with van der Waals surface area (Å²) in [6.07, 6.45) is 0.856. The number of hydrogen-bond acceptors (Lipinski definition) is 4. The zero-order valence-corrected chi connectivity index (χ0v) is 17.6. The minimum absolute atomic E-state index is 0.0235. The topological polar surface area (TPSA) is 75.2 Å². The van der Waals surface area contributed by atoms with Crippen LogP contribution in [0.1, 0.15) is 11.1 Å². The Kier molecular flexibility index (Phi) is 8.82. The molecule has 0 aliphatic heterocycles. The minimum Gasteiger partial charge on any atom is -0.497 e. The molecular formula is C22H30N4O3. The number of hydrogen-bond donors (Lipinski definition) is 2. The van der Waals surface area contributed by atoms with Gasteiger partial charge in [0.2, 0.25) is 5.91 Å². The zero-order chi connectivity index (χ0) is 21.1. The number of aliphatic imine (C=N–C) groups is 1. The molecule has 156 valence electrons. The molecule has 0 heterocycles.